The average molecular weight is 477 g/mol. The van der Waals surface area contributed by atoms with Gasteiger partial charge in [0, 0.05) is 16.0 Å². The van der Waals surface area contributed by atoms with Crippen molar-refractivity contribution in [3.8, 4) is 0 Å². The van der Waals surface area contributed by atoms with Gasteiger partial charge in [-0.15, -0.1) is 11.3 Å². The highest BCUT2D eigenvalue weighted by Crippen LogP contribution is 2.45. The van der Waals surface area contributed by atoms with Gasteiger partial charge in [0.25, 0.3) is 0 Å². The number of carbonyl (C=O) groups excluding carboxylic acids is 2. The van der Waals surface area contributed by atoms with Crippen molar-refractivity contribution in [2.75, 3.05) is 11.9 Å². The van der Waals surface area contributed by atoms with Gasteiger partial charge in [-0.3, -0.25) is 4.79 Å². The van der Waals surface area contributed by atoms with Crippen LogP contribution in [0.25, 0.3) is 0 Å². The molecule has 5 nitrogen and oxygen atoms in total. The van der Waals surface area contributed by atoms with Gasteiger partial charge >= 0.3 is 5.97 Å². The molecular weight excluding hydrogens is 444 g/mol. The number of rotatable bonds is 6. The van der Waals surface area contributed by atoms with Crippen LogP contribution < -0.4 is 10.6 Å². The van der Waals surface area contributed by atoms with Crippen LogP contribution in [-0.4, -0.2) is 24.0 Å². The smallest absolute Gasteiger partial charge is 0.341 e. The number of ether oxygens (including phenoxy) is 1. The van der Waals surface area contributed by atoms with Crippen LogP contribution in [0.1, 0.15) is 72.5 Å². The summed E-state index contributed by atoms with van der Waals surface area (Å²) in [5, 5.41) is 7.35. The minimum Gasteiger partial charge on any atom is -0.462 e. The van der Waals surface area contributed by atoms with Crippen LogP contribution in [0.3, 0.4) is 0 Å². The topological polar surface area (TPSA) is 67.4 Å². The SMILES string of the molecule is CCOC(=O)c1c(NC(=O)C(c2ccccc2)c2ccccc2)sc2c1CC(C)(C)NC2(C)C. The highest BCUT2D eigenvalue weighted by Gasteiger charge is 2.42. The van der Waals surface area contributed by atoms with E-state index in [1.165, 1.54) is 11.3 Å². The van der Waals surface area contributed by atoms with Crippen LogP contribution in [0.15, 0.2) is 60.7 Å². The van der Waals surface area contributed by atoms with Crippen molar-refractivity contribution in [1.29, 1.82) is 0 Å². The number of anilines is 1. The van der Waals surface area contributed by atoms with Crippen molar-refractivity contribution >= 4 is 28.2 Å². The molecule has 0 atom stereocenters. The molecule has 0 saturated heterocycles. The van der Waals surface area contributed by atoms with E-state index >= 15 is 0 Å². The van der Waals surface area contributed by atoms with E-state index < -0.39 is 5.92 Å². The first kappa shape index (κ1) is 24.2. The lowest BCUT2D eigenvalue weighted by atomic mass is 9.81. The Kier molecular flexibility index (Phi) is 6.65. The zero-order chi connectivity index (χ0) is 24.5. The van der Waals surface area contributed by atoms with Crippen LogP contribution >= 0.6 is 11.3 Å². The largest absolute Gasteiger partial charge is 0.462 e. The minimum absolute atomic E-state index is 0.174. The number of thiophene rings is 1. The summed E-state index contributed by atoms with van der Waals surface area (Å²) in [7, 11) is 0. The van der Waals surface area contributed by atoms with E-state index in [1.807, 2.05) is 60.7 Å². The molecule has 0 aliphatic carbocycles. The fraction of sp³-hybridized carbons (Fsp3) is 0.357. The summed E-state index contributed by atoms with van der Waals surface area (Å²) in [5.74, 6) is -1.06. The van der Waals surface area contributed by atoms with E-state index in [-0.39, 0.29) is 29.6 Å². The van der Waals surface area contributed by atoms with Gasteiger partial charge in [-0.2, -0.15) is 0 Å². The summed E-state index contributed by atoms with van der Waals surface area (Å²) >= 11 is 1.46. The number of amides is 1. The third-order valence-electron chi connectivity index (χ3n) is 6.09. The molecule has 1 aromatic heterocycles. The van der Waals surface area contributed by atoms with Gasteiger partial charge in [0.15, 0.2) is 0 Å². The second kappa shape index (κ2) is 9.35. The molecule has 2 aromatic carbocycles. The molecule has 0 unspecified atom stereocenters. The Morgan fingerprint density at radius 1 is 1.00 bits per heavy atom. The number of hydrogen-bond acceptors (Lipinski definition) is 5. The van der Waals surface area contributed by atoms with Gasteiger partial charge in [-0.25, -0.2) is 4.79 Å². The van der Waals surface area contributed by atoms with E-state index in [1.54, 1.807) is 6.92 Å². The summed E-state index contributed by atoms with van der Waals surface area (Å²) < 4.78 is 5.44. The molecule has 0 saturated carbocycles. The van der Waals surface area contributed by atoms with E-state index in [9.17, 15) is 9.59 Å². The first-order chi connectivity index (χ1) is 16.1. The molecule has 4 rings (SSSR count). The standard InChI is InChI=1S/C28H32N2O3S/c1-6-33-26(32)22-20-17-27(2,3)30-28(4,5)23(20)34-25(22)29-24(31)21(18-13-9-7-10-14-18)19-15-11-8-12-16-19/h7-16,21,30H,6,17H2,1-5H3,(H,29,31). The van der Waals surface area contributed by atoms with Crippen LogP contribution in [0, 0.1) is 0 Å². The molecule has 1 aliphatic heterocycles. The van der Waals surface area contributed by atoms with Gasteiger partial charge in [0.1, 0.15) is 5.00 Å². The van der Waals surface area contributed by atoms with Crippen molar-refractivity contribution in [1.82, 2.24) is 5.32 Å². The molecule has 0 bridgehead atoms. The van der Waals surface area contributed by atoms with Gasteiger partial charge in [0.05, 0.1) is 18.1 Å². The lowest BCUT2D eigenvalue weighted by Gasteiger charge is -2.42. The van der Waals surface area contributed by atoms with Crippen LogP contribution in [-0.2, 0) is 21.5 Å². The fourth-order valence-electron chi connectivity index (χ4n) is 5.01. The second-order valence-electron chi connectivity index (χ2n) is 9.89. The quantitative estimate of drug-likeness (QED) is 0.438. The molecule has 178 valence electrons. The lowest BCUT2D eigenvalue weighted by Crippen LogP contribution is -2.55. The fourth-order valence-corrected chi connectivity index (χ4v) is 6.27. The Balaban J connectivity index is 1.79. The van der Waals surface area contributed by atoms with E-state index in [4.69, 9.17) is 4.74 Å². The van der Waals surface area contributed by atoms with Crippen LogP contribution in [0.4, 0.5) is 5.00 Å². The van der Waals surface area contributed by atoms with Crippen molar-refractivity contribution in [2.24, 2.45) is 0 Å². The minimum atomic E-state index is -0.501. The first-order valence-corrected chi connectivity index (χ1v) is 12.5. The Morgan fingerprint density at radius 2 is 1.56 bits per heavy atom. The highest BCUT2D eigenvalue weighted by atomic mass is 32.1. The number of hydrogen-bond donors (Lipinski definition) is 2. The Morgan fingerprint density at radius 3 is 2.09 bits per heavy atom. The van der Waals surface area contributed by atoms with Crippen molar-refractivity contribution in [3.63, 3.8) is 0 Å². The summed E-state index contributed by atoms with van der Waals surface area (Å²) in [6, 6.07) is 19.4. The average Bonchev–Trinajstić information content (AvgIpc) is 3.12. The predicted molar refractivity (Wildman–Crippen MR) is 138 cm³/mol. The van der Waals surface area contributed by atoms with Crippen LogP contribution in [0.2, 0.25) is 0 Å². The molecule has 0 fully saturated rings. The van der Waals surface area contributed by atoms with E-state index in [0.717, 1.165) is 21.6 Å². The normalized spacial score (nSPS) is 16.1. The summed E-state index contributed by atoms with van der Waals surface area (Å²) in [6.45, 7) is 10.6. The maximum atomic E-state index is 13.8. The zero-order valence-corrected chi connectivity index (χ0v) is 21.2. The second-order valence-corrected chi connectivity index (χ2v) is 10.9. The maximum absolute atomic E-state index is 13.8. The molecule has 3 aromatic rings. The summed E-state index contributed by atoms with van der Waals surface area (Å²) in [5.41, 5.74) is 2.70. The molecule has 2 N–H and O–H groups in total. The maximum Gasteiger partial charge on any atom is 0.341 e. The number of nitrogens with one attached hydrogen (secondary N) is 2. The number of esters is 1. The van der Waals surface area contributed by atoms with Gasteiger partial charge in [-0.05, 0) is 57.7 Å². The monoisotopic (exact) mass is 476 g/mol. The van der Waals surface area contributed by atoms with Crippen molar-refractivity contribution in [3.05, 3.63) is 87.8 Å². The molecule has 1 amide bonds. The van der Waals surface area contributed by atoms with Crippen molar-refractivity contribution < 1.29 is 14.3 Å². The molecule has 0 spiro atoms. The molecular formula is C28H32N2O3S. The number of benzene rings is 2. The van der Waals surface area contributed by atoms with Crippen LogP contribution in [0.5, 0.6) is 0 Å². The summed E-state index contributed by atoms with van der Waals surface area (Å²) in [4.78, 5) is 28.0. The summed E-state index contributed by atoms with van der Waals surface area (Å²) in [6.07, 6.45) is 0.674. The Hall–Kier alpha value is -2.96. The molecule has 2 heterocycles. The van der Waals surface area contributed by atoms with E-state index in [0.29, 0.717) is 17.0 Å². The zero-order valence-electron chi connectivity index (χ0n) is 20.4. The highest BCUT2D eigenvalue weighted by molar-refractivity contribution is 7.17. The van der Waals surface area contributed by atoms with Gasteiger partial charge < -0.3 is 15.4 Å². The van der Waals surface area contributed by atoms with E-state index in [2.05, 4.69) is 38.3 Å². The van der Waals surface area contributed by atoms with Gasteiger partial charge in [0.2, 0.25) is 5.91 Å². The molecule has 0 radical (unpaired) electrons. The molecule has 6 heteroatoms. The Bertz CT molecular complexity index is 1140. The molecule has 34 heavy (non-hydrogen) atoms. The lowest BCUT2D eigenvalue weighted by molar-refractivity contribution is -0.116. The number of carbonyl (C=O) groups is 2. The first-order valence-electron chi connectivity index (χ1n) is 11.7. The van der Waals surface area contributed by atoms with Crippen molar-refractivity contribution in [2.45, 2.75) is 58.0 Å². The third-order valence-corrected chi connectivity index (χ3v) is 7.56. The molecule has 1 aliphatic rings. The predicted octanol–water partition coefficient (Wildman–Crippen LogP) is 5.85. The third kappa shape index (κ3) is 4.79. The Labute approximate surface area is 205 Å². The number of fused-ring (bicyclic) bond motifs is 1. The van der Waals surface area contributed by atoms with Gasteiger partial charge in [-0.1, -0.05) is 60.7 Å².